The third-order valence-electron chi connectivity index (χ3n) is 2.91. The summed E-state index contributed by atoms with van der Waals surface area (Å²) in [6, 6.07) is 1.89. The molecule has 7 nitrogen and oxygen atoms in total. The highest BCUT2D eigenvalue weighted by atomic mass is 15.3. The van der Waals surface area contributed by atoms with Crippen molar-refractivity contribution in [2.75, 3.05) is 0 Å². The number of hydrogen-bond donors (Lipinski definition) is 2. The van der Waals surface area contributed by atoms with Crippen LogP contribution in [0.15, 0.2) is 18.6 Å². The van der Waals surface area contributed by atoms with Gasteiger partial charge in [-0.05, 0) is 12.0 Å². The van der Waals surface area contributed by atoms with Crippen LogP contribution < -0.4 is 11.3 Å². The Morgan fingerprint density at radius 2 is 2.21 bits per heavy atom. The molecule has 0 aliphatic carbocycles. The number of nitrogens with one attached hydrogen (secondary N) is 1. The highest BCUT2D eigenvalue weighted by Crippen LogP contribution is 2.15. The monoisotopic (exact) mass is 263 g/mol. The van der Waals surface area contributed by atoms with E-state index >= 15 is 0 Å². The Balaban J connectivity index is 2.12. The molecule has 0 fully saturated rings. The summed E-state index contributed by atoms with van der Waals surface area (Å²) in [5.41, 5.74) is 3.70. The molecule has 0 bridgehead atoms. The Kier molecular flexibility index (Phi) is 4.28. The SMILES string of the molecule is CC(C)Cn1ncnc1CC(NN)c1ccn(C)n1. The third-order valence-corrected chi connectivity index (χ3v) is 2.91. The van der Waals surface area contributed by atoms with Crippen molar-refractivity contribution in [3.63, 3.8) is 0 Å². The molecule has 2 aromatic heterocycles. The Morgan fingerprint density at radius 1 is 1.42 bits per heavy atom. The smallest absolute Gasteiger partial charge is 0.138 e. The minimum absolute atomic E-state index is 0.0590. The van der Waals surface area contributed by atoms with Crippen LogP contribution in [0.3, 0.4) is 0 Å². The molecule has 0 saturated carbocycles. The van der Waals surface area contributed by atoms with Crippen LogP contribution in [0.2, 0.25) is 0 Å². The van der Waals surface area contributed by atoms with E-state index in [-0.39, 0.29) is 6.04 Å². The molecular formula is C12H21N7. The lowest BCUT2D eigenvalue weighted by atomic mass is 10.1. The second-order valence-corrected chi connectivity index (χ2v) is 5.09. The first-order valence-electron chi connectivity index (χ1n) is 6.42. The van der Waals surface area contributed by atoms with E-state index in [1.165, 1.54) is 0 Å². The van der Waals surface area contributed by atoms with E-state index < -0.39 is 0 Å². The first kappa shape index (κ1) is 13.7. The Hall–Kier alpha value is -1.73. The molecule has 0 spiro atoms. The molecule has 2 heterocycles. The zero-order chi connectivity index (χ0) is 13.8. The van der Waals surface area contributed by atoms with Crippen LogP contribution in [0.1, 0.15) is 31.4 Å². The van der Waals surface area contributed by atoms with Crippen LogP contribution >= 0.6 is 0 Å². The zero-order valence-electron chi connectivity index (χ0n) is 11.6. The van der Waals surface area contributed by atoms with Gasteiger partial charge in [-0.15, -0.1) is 0 Å². The highest BCUT2D eigenvalue weighted by Gasteiger charge is 2.17. The van der Waals surface area contributed by atoms with Crippen LogP contribution in [0.5, 0.6) is 0 Å². The van der Waals surface area contributed by atoms with E-state index in [9.17, 15) is 0 Å². The fourth-order valence-electron chi connectivity index (χ4n) is 1.99. The minimum atomic E-state index is -0.0590. The van der Waals surface area contributed by atoms with Gasteiger partial charge in [-0.1, -0.05) is 13.8 Å². The van der Waals surface area contributed by atoms with Crippen molar-refractivity contribution in [3.05, 3.63) is 30.1 Å². The van der Waals surface area contributed by atoms with Crippen LogP contribution in [0.4, 0.5) is 0 Å². The average molecular weight is 263 g/mol. The van der Waals surface area contributed by atoms with Crippen molar-refractivity contribution in [1.29, 1.82) is 0 Å². The summed E-state index contributed by atoms with van der Waals surface area (Å²) in [5, 5.41) is 8.62. The summed E-state index contributed by atoms with van der Waals surface area (Å²) in [6.45, 7) is 5.17. The van der Waals surface area contributed by atoms with Crippen molar-refractivity contribution in [1.82, 2.24) is 30.0 Å². The summed E-state index contributed by atoms with van der Waals surface area (Å²) >= 11 is 0. The Morgan fingerprint density at radius 3 is 2.79 bits per heavy atom. The predicted molar refractivity (Wildman–Crippen MR) is 71.8 cm³/mol. The van der Waals surface area contributed by atoms with Crippen molar-refractivity contribution < 1.29 is 0 Å². The molecule has 3 N–H and O–H groups in total. The average Bonchev–Trinajstić information content (AvgIpc) is 2.95. The van der Waals surface area contributed by atoms with Crippen molar-refractivity contribution in [2.24, 2.45) is 18.8 Å². The Bertz CT molecular complexity index is 514. The number of aromatic nitrogens is 5. The molecule has 19 heavy (non-hydrogen) atoms. The lowest BCUT2D eigenvalue weighted by Gasteiger charge is -2.14. The Labute approximate surface area is 112 Å². The van der Waals surface area contributed by atoms with E-state index in [1.807, 2.05) is 24.0 Å². The maximum Gasteiger partial charge on any atom is 0.138 e. The molecule has 0 aliphatic heterocycles. The van der Waals surface area contributed by atoms with Gasteiger partial charge in [0.2, 0.25) is 0 Å². The molecule has 0 aromatic carbocycles. The van der Waals surface area contributed by atoms with Gasteiger partial charge >= 0.3 is 0 Å². The molecule has 2 aromatic rings. The van der Waals surface area contributed by atoms with Crippen LogP contribution in [0.25, 0.3) is 0 Å². The van der Waals surface area contributed by atoms with Gasteiger partial charge in [0, 0.05) is 26.2 Å². The number of nitrogens with zero attached hydrogens (tertiary/aromatic N) is 5. The third kappa shape index (κ3) is 3.39. The second-order valence-electron chi connectivity index (χ2n) is 5.09. The van der Waals surface area contributed by atoms with Crippen molar-refractivity contribution >= 4 is 0 Å². The molecule has 2 rings (SSSR count). The van der Waals surface area contributed by atoms with Gasteiger partial charge in [0.15, 0.2) is 0 Å². The maximum atomic E-state index is 5.63. The lowest BCUT2D eigenvalue weighted by molar-refractivity contribution is 0.443. The number of rotatable bonds is 6. The summed E-state index contributed by atoms with van der Waals surface area (Å²) in [4.78, 5) is 4.31. The molecule has 7 heteroatoms. The standard InChI is InChI=1S/C12H21N7/c1-9(2)7-19-12(14-8-15-19)6-11(16-13)10-4-5-18(3)17-10/h4-5,8-9,11,16H,6-7,13H2,1-3H3. The van der Waals surface area contributed by atoms with Crippen LogP contribution in [0, 0.1) is 5.92 Å². The number of hydrazine groups is 1. The lowest BCUT2D eigenvalue weighted by Crippen LogP contribution is -2.31. The van der Waals surface area contributed by atoms with Gasteiger partial charge in [0.1, 0.15) is 12.2 Å². The van der Waals surface area contributed by atoms with Gasteiger partial charge < -0.3 is 0 Å². The second kappa shape index (κ2) is 5.94. The van der Waals surface area contributed by atoms with E-state index in [2.05, 4.69) is 34.5 Å². The summed E-state index contributed by atoms with van der Waals surface area (Å²) < 4.78 is 3.69. The molecule has 0 aliphatic rings. The van der Waals surface area contributed by atoms with Crippen molar-refractivity contribution in [2.45, 2.75) is 32.9 Å². The molecule has 1 unspecified atom stereocenters. The summed E-state index contributed by atoms with van der Waals surface area (Å²) in [5.74, 6) is 7.07. The summed E-state index contributed by atoms with van der Waals surface area (Å²) in [7, 11) is 1.89. The molecule has 0 amide bonds. The molecule has 104 valence electrons. The van der Waals surface area contributed by atoms with E-state index in [0.29, 0.717) is 12.3 Å². The van der Waals surface area contributed by atoms with Gasteiger partial charge in [-0.25, -0.2) is 9.67 Å². The largest absolute Gasteiger partial charge is 0.275 e. The molecular weight excluding hydrogens is 242 g/mol. The first-order chi connectivity index (χ1) is 9.10. The summed E-state index contributed by atoms with van der Waals surface area (Å²) in [6.07, 6.45) is 4.16. The number of nitrogens with two attached hydrogens (primary N) is 1. The number of aryl methyl sites for hydroxylation is 1. The van der Waals surface area contributed by atoms with E-state index in [4.69, 9.17) is 5.84 Å². The van der Waals surface area contributed by atoms with Crippen molar-refractivity contribution in [3.8, 4) is 0 Å². The fraction of sp³-hybridized carbons (Fsp3) is 0.583. The predicted octanol–water partition coefficient (Wildman–Crippen LogP) is 0.415. The quantitative estimate of drug-likeness (QED) is 0.582. The zero-order valence-corrected chi connectivity index (χ0v) is 11.6. The highest BCUT2D eigenvalue weighted by molar-refractivity contribution is 5.08. The van der Waals surface area contributed by atoms with Gasteiger partial charge in [0.05, 0.1) is 11.7 Å². The fourth-order valence-corrected chi connectivity index (χ4v) is 1.99. The molecule has 0 radical (unpaired) electrons. The first-order valence-corrected chi connectivity index (χ1v) is 6.42. The van der Waals surface area contributed by atoms with E-state index in [1.54, 1.807) is 11.0 Å². The van der Waals surface area contributed by atoms with Gasteiger partial charge in [0.25, 0.3) is 0 Å². The number of hydrogen-bond acceptors (Lipinski definition) is 5. The van der Waals surface area contributed by atoms with Crippen LogP contribution in [-0.4, -0.2) is 24.5 Å². The van der Waals surface area contributed by atoms with E-state index in [0.717, 1.165) is 18.1 Å². The van der Waals surface area contributed by atoms with Gasteiger partial charge in [-0.2, -0.15) is 10.2 Å². The van der Waals surface area contributed by atoms with Gasteiger partial charge in [-0.3, -0.25) is 16.0 Å². The minimum Gasteiger partial charge on any atom is -0.275 e. The van der Waals surface area contributed by atoms with Crippen LogP contribution in [-0.2, 0) is 20.0 Å². The maximum absolute atomic E-state index is 5.63. The normalized spacial score (nSPS) is 13.1. The molecule has 0 saturated heterocycles. The molecule has 1 atom stereocenters. The topological polar surface area (TPSA) is 86.6 Å².